The molecule has 1 fully saturated rings. The van der Waals surface area contributed by atoms with Gasteiger partial charge in [0, 0.05) is 19.6 Å². The predicted octanol–water partition coefficient (Wildman–Crippen LogP) is -0.748. The average molecular weight is 170 g/mol. The Labute approximate surface area is 70.9 Å². The Morgan fingerprint density at radius 1 is 1.58 bits per heavy atom. The summed E-state index contributed by atoms with van der Waals surface area (Å²) < 4.78 is 0. The highest BCUT2D eigenvalue weighted by Gasteiger charge is 2.28. The van der Waals surface area contributed by atoms with Crippen LogP contribution in [0.15, 0.2) is 0 Å². The number of nitrogens with one attached hydrogen (secondary N) is 2. The van der Waals surface area contributed by atoms with Crippen molar-refractivity contribution < 1.29 is 9.59 Å². The molecule has 67 valence electrons. The van der Waals surface area contributed by atoms with Crippen LogP contribution in [0, 0.1) is 0 Å². The maximum atomic E-state index is 11.0. The first-order valence-corrected chi connectivity index (χ1v) is 3.86. The molecule has 0 aliphatic carbocycles. The van der Waals surface area contributed by atoms with Crippen LogP contribution in [-0.4, -0.2) is 42.4 Å². The van der Waals surface area contributed by atoms with E-state index < -0.39 is 12.1 Å². The number of amides is 2. The number of nitrogens with zero attached hydrogens (tertiary/aromatic N) is 1. The van der Waals surface area contributed by atoms with Gasteiger partial charge in [0.2, 0.25) is 0 Å². The molecule has 0 bridgehead atoms. The fourth-order valence-electron chi connectivity index (χ4n) is 1.31. The molecule has 5 nitrogen and oxygen atoms in total. The summed E-state index contributed by atoms with van der Waals surface area (Å²) in [5.74, 6) is -0.0669. The first-order valence-electron chi connectivity index (χ1n) is 3.86. The Hall–Kier alpha value is -1.10. The number of piperazine rings is 1. The van der Waals surface area contributed by atoms with Crippen molar-refractivity contribution in [2.24, 2.45) is 0 Å². The third-order valence-electron chi connectivity index (χ3n) is 1.97. The van der Waals surface area contributed by atoms with E-state index in [0.29, 0.717) is 19.6 Å². The second kappa shape index (κ2) is 3.53. The van der Waals surface area contributed by atoms with Gasteiger partial charge >= 0.3 is 6.03 Å². The van der Waals surface area contributed by atoms with E-state index in [-0.39, 0.29) is 5.78 Å². The van der Waals surface area contributed by atoms with Crippen molar-refractivity contribution in [3.8, 4) is 0 Å². The maximum absolute atomic E-state index is 11.0. The highest BCUT2D eigenvalue weighted by atomic mass is 16.2. The second-order valence-electron chi connectivity index (χ2n) is 2.83. The Morgan fingerprint density at radius 2 is 2.25 bits per heavy atom. The lowest BCUT2D eigenvalue weighted by Crippen LogP contribution is -2.56. The van der Waals surface area contributed by atoms with Gasteiger partial charge in [0.1, 0.15) is 6.04 Å². The minimum atomic E-state index is -0.767. The van der Waals surface area contributed by atoms with Gasteiger partial charge in [0.25, 0.3) is 0 Å². The molecular weight excluding hydrogens is 158 g/mol. The fraction of sp³-hybridized carbons (Fsp3) is 0.714. The highest BCUT2D eigenvalue weighted by molar-refractivity contribution is 5.86. The summed E-state index contributed by atoms with van der Waals surface area (Å²) in [5.41, 5.74) is 6.90. The van der Waals surface area contributed by atoms with E-state index >= 15 is 0 Å². The smallest absolute Gasteiger partial charge is 0.312 e. The first-order chi connectivity index (χ1) is 5.63. The number of ketones is 1. The molecule has 2 amide bonds. The quantitative estimate of drug-likeness (QED) is 0.562. The predicted molar refractivity (Wildman–Crippen MR) is 42.5 cm³/mol. The summed E-state index contributed by atoms with van der Waals surface area (Å²) in [6.45, 7) is 3.02. The number of carbonyl (C=O) groups is 2. The van der Waals surface area contributed by atoms with Crippen LogP contribution in [0.25, 0.3) is 0 Å². The van der Waals surface area contributed by atoms with Gasteiger partial charge in [-0.15, -0.1) is 0 Å². The average Bonchev–Trinajstić information content (AvgIpc) is 2.04. The van der Waals surface area contributed by atoms with E-state index in [2.05, 4.69) is 5.32 Å². The molecule has 1 unspecified atom stereocenters. The van der Waals surface area contributed by atoms with Gasteiger partial charge in [0.05, 0.1) is 0 Å². The summed E-state index contributed by atoms with van der Waals surface area (Å²) in [5, 5.41) is 3.00. The van der Waals surface area contributed by atoms with Crippen LogP contribution in [0.1, 0.15) is 6.92 Å². The van der Waals surface area contributed by atoms with Crippen molar-refractivity contribution in [1.29, 1.82) is 0 Å². The van der Waals surface area contributed by atoms with Gasteiger partial charge < -0.3 is 10.2 Å². The third kappa shape index (κ3) is 1.73. The monoisotopic (exact) mass is 170 g/mol. The Morgan fingerprint density at radius 3 is 2.67 bits per heavy atom. The topological polar surface area (TPSA) is 73.2 Å². The van der Waals surface area contributed by atoms with Gasteiger partial charge in [0.15, 0.2) is 5.78 Å². The lowest BCUT2D eigenvalue weighted by molar-refractivity contribution is -0.121. The zero-order chi connectivity index (χ0) is 9.14. The SMILES string of the molecule is CC(=O)C1CNCCN1C([NH])=O. The number of rotatable bonds is 1. The molecule has 1 aliphatic heterocycles. The van der Waals surface area contributed by atoms with Crippen molar-refractivity contribution in [1.82, 2.24) is 16.0 Å². The molecule has 1 aliphatic rings. The van der Waals surface area contributed by atoms with Crippen LogP contribution in [0.3, 0.4) is 0 Å². The molecule has 1 heterocycles. The van der Waals surface area contributed by atoms with Crippen molar-refractivity contribution in [3.05, 3.63) is 0 Å². The van der Waals surface area contributed by atoms with Crippen LogP contribution in [0.2, 0.25) is 0 Å². The maximum Gasteiger partial charge on any atom is 0.336 e. The number of hydrogen-bond donors (Lipinski definition) is 1. The number of hydrogen-bond acceptors (Lipinski definition) is 3. The molecule has 0 aromatic heterocycles. The van der Waals surface area contributed by atoms with E-state index in [9.17, 15) is 9.59 Å². The van der Waals surface area contributed by atoms with Crippen molar-refractivity contribution in [2.45, 2.75) is 13.0 Å². The van der Waals surface area contributed by atoms with Gasteiger partial charge in [-0.25, -0.2) is 10.5 Å². The molecule has 0 aromatic rings. The molecule has 0 spiro atoms. The molecule has 1 atom stereocenters. The number of Topliss-reactive ketones (excluding diaryl/α,β-unsaturated/α-hetero) is 1. The second-order valence-corrected chi connectivity index (χ2v) is 2.83. The summed E-state index contributed by atoms with van der Waals surface area (Å²) in [6, 6.07) is -1.21. The van der Waals surface area contributed by atoms with Crippen LogP contribution >= 0.6 is 0 Å². The van der Waals surface area contributed by atoms with E-state index in [1.807, 2.05) is 0 Å². The van der Waals surface area contributed by atoms with E-state index in [0.717, 1.165) is 0 Å². The van der Waals surface area contributed by atoms with Gasteiger partial charge in [-0.3, -0.25) is 4.79 Å². The standard InChI is InChI=1S/C7H12N3O2/c1-5(11)6-4-9-2-3-10(6)7(8)12/h6,8-9H,2-4H2,1H3. The Bertz CT molecular complexity index is 183. The van der Waals surface area contributed by atoms with E-state index in [1.165, 1.54) is 11.8 Å². The summed E-state index contributed by atoms with van der Waals surface area (Å²) in [6.07, 6.45) is 0. The normalized spacial score (nSPS) is 23.8. The summed E-state index contributed by atoms with van der Waals surface area (Å²) in [7, 11) is 0. The zero-order valence-corrected chi connectivity index (χ0v) is 6.96. The summed E-state index contributed by atoms with van der Waals surface area (Å²) in [4.78, 5) is 23.0. The molecular formula is C7H12N3O2. The number of carbonyl (C=O) groups excluding carboxylic acids is 2. The molecule has 0 saturated carbocycles. The Kier molecular flexibility index (Phi) is 2.65. The van der Waals surface area contributed by atoms with Gasteiger partial charge in [-0.05, 0) is 6.92 Å². The largest absolute Gasteiger partial charge is 0.336 e. The van der Waals surface area contributed by atoms with Crippen LogP contribution in [-0.2, 0) is 4.79 Å². The van der Waals surface area contributed by atoms with Crippen LogP contribution in [0.5, 0.6) is 0 Å². The van der Waals surface area contributed by atoms with Crippen LogP contribution in [0.4, 0.5) is 4.79 Å². The van der Waals surface area contributed by atoms with Gasteiger partial charge in [-0.1, -0.05) is 0 Å². The molecule has 1 rings (SSSR count). The molecule has 5 heteroatoms. The minimum absolute atomic E-state index is 0.0669. The molecule has 12 heavy (non-hydrogen) atoms. The number of urea groups is 1. The molecule has 2 N–H and O–H groups in total. The zero-order valence-electron chi connectivity index (χ0n) is 6.96. The van der Waals surface area contributed by atoms with Crippen LogP contribution < -0.4 is 11.1 Å². The van der Waals surface area contributed by atoms with Crippen molar-refractivity contribution in [2.75, 3.05) is 19.6 Å². The van der Waals surface area contributed by atoms with E-state index in [1.54, 1.807) is 0 Å². The van der Waals surface area contributed by atoms with Crippen molar-refractivity contribution in [3.63, 3.8) is 0 Å². The fourth-order valence-corrected chi connectivity index (χ4v) is 1.31. The van der Waals surface area contributed by atoms with Crippen molar-refractivity contribution >= 4 is 11.8 Å². The first kappa shape index (κ1) is 8.99. The van der Waals surface area contributed by atoms with Gasteiger partial charge in [-0.2, -0.15) is 0 Å². The third-order valence-corrected chi connectivity index (χ3v) is 1.97. The lowest BCUT2D eigenvalue weighted by Gasteiger charge is -2.32. The minimum Gasteiger partial charge on any atom is -0.312 e. The summed E-state index contributed by atoms with van der Waals surface area (Å²) >= 11 is 0. The molecule has 1 saturated heterocycles. The molecule has 0 aromatic carbocycles. The highest BCUT2D eigenvalue weighted by Crippen LogP contribution is 2.03. The van der Waals surface area contributed by atoms with E-state index in [4.69, 9.17) is 5.73 Å². The lowest BCUT2D eigenvalue weighted by atomic mass is 10.1. The molecule has 1 radical (unpaired) electrons. The Balaban J connectivity index is 2.67.